The number of nitrogens with zero attached hydrogens (tertiary/aromatic N) is 1. The first-order valence-electron chi connectivity index (χ1n) is 7.18. The van der Waals surface area contributed by atoms with Gasteiger partial charge in [-0.2, -0.15) is 11.3 Å². The largest absolute Gasteiger partial charge is 0.360 e. The molecule has 0 fully saturated rings. The Morgan fingerprint density at radius 1 is 1.18 bits per heavy atom. The van der Waals surface area contributed by atoms with E-state index in [2.05, 4.69) is 33.1 Å². The maximum Gasteiger partial charge on any atom is 0.220 e. The van der Waals surface area contributed by atoms with Gasteiger partial charge in [0, 0.05) is 19.5 Å². The van der Waals surface area contributed by atoms with Crippen molar-refractivity contribution < 1.29 is 4.79 Å². The molecule has 2 heterocycles. The van der Waals surface area contributed by atoms with Gasteiger partial charge in [-0.15, -0.1) is 0 Å². The maximum atomic E-state index is 11.7. The number of anilines is 1. The third-order valence-electron chi connectivity index (χ3n) is 3.24. The van der Waals surface area contributed by atoms with E-state index in [-0.39, 0.29) is 5.91 Å². The van der Waals surface area contributed by atoms with Crippen LogP contribution in [0.1, 0.15) is 12.0 Å². The van der Waals surface area contributed by atoms with Crippen molar-refractivity contribution in [2.45, 2.75) is 12.8 Å². The second kappa shape index (κ2) is 7.38. The molecule has 3 rings (SSSR count). The Balaban J connectivity index is 1.37. The van der Waals surface area contributed by atoms with Crippen molar-refractivity contribution in [1.29, 1.82) is 0 Å². The van der Waals surface area contributed by atoms with Crippen molar-refractivity contribution >= 4 is 43.9 Å². The summed E-state index contributed by atoms with van der Waals surface area (Å²) in [5.74, 6) is 0.0947. The Morgan fingerprint density at radius 3 is 2.91 bits per heavy atom. The zero-order chi connectivity index (χ0) is 15.2. The van der Waals surface area contributed by atoms with Crippen LogP contribution < -0.4 is 10.6 Å². The van der Waals surface area contributed by atoms with Gasteiger partial charge in [0.25, 0.3) is 0 Å². The van der Waals surface area contributed by atoms with Gasteiger partial charge in [-0.05, 0) is 40.9 Å². The molecule has 0 aliphatic carbocycles. The molecule has 0 saturated heterocycles. The van der Waals surface area contributed by atoms with Gasteiger partial charge in [0.2, 0.25) is 5.91 Å². The van der Waals surface area contributed by atoms with Crippen LogP contribution in [0.4, 0.5) is 5.13 Å². The summed E-state index contributed by atoms with van der Waals surface area (Å²) >= 11 is 3.30. The third-order valence-corrected chi connectivity index (χ3v) is 4.96. The Hall–Kier alpha value is -1.92. The average Bonchev–Trinajstić information content (AvgIpc) is 3.18. The number of para-hydroxylation sites is 1. The number of hydrogen-bond donors (Lipinski definition) is 2. The van der Waals surface area contributed by atoms with E-state index in [1.807, 2.05) is 23.6 Å². The number of carbonyl (C=O) groups excluding carboxylic acids is 1. The normalized spacial score (nSPS) is 10.7. The quantitative estimate of drug-likeness (QED) is 0.651. The lowest BCUT2D eigenvalue weighted by Crippen LogP contribution is -2.28. The van der Waals surface area contributed by atoms with Gasteiger partial charge in [-0.3, -0.25) is 4.79 Å². The number of amides is 1. The Kier molecular flexibility index (Phi) is 5.03. The number of carbonyl (C=O) groups is 1. The molecule has 1 aromatic carbocycles. The molecule has 22 heavy (non-hydrogen) atoms. The van der Waals surface area contributed by atoms with Crippen LogP contribution in [0, 0.1) is 0 Å². The number of nitrogens with one attached hydrogen (secondary N) is 2. The second-order valence-electron chi connectivity index (χ2n) is 4.90. The van der Waals surface area contributed by atoms with Crippen molar-refractivity contribution in [1.82, 2.24) is 10.3 Å². The highest BCUT2D eigenvalue weighted by Crippen LogP contribution is 2.24. The Morgan fingerprint density at radius 2 is 2.09 bits per heavy atom. The van der Waals surface area contributed by atoms with Crippen molar-refractivity contribution in [2.75, 3.05) is 18.4 Å². The van der Waals surface area contributed by atoms with E-state index in [4.69, 9.17) is 0 Å². The summed E-state index contributed by atoms with van der Waals surface area (Å²) in [6.45, 7) is 1.29. The van der Waals surface area contributed by atoms with Crippen LogP contribution in [0.25, 0.3) is 10.2 Å². The molecule has 2 aromatic heterocycles. The molecular weight excluding hydrogens is 314 g/mol. The van der Waals surface area contributed by atoms with Crippen molar-refractivity contribution in [3.8, 4) is 0 Å². The van der Waals surface area contributed by atoms with Gasteiger partial charge < -0.3 is 10.6 Å². The van der Waals surface area contributed by atoms with Gasteiger partial charge in [0.1, 0.15) is 0 Å². The molecule has 2 N–H and O–H groups in total. The number of aromatic nitrogens is 1. The zero-order valence-corrected chi connectivity index (χ0v) is 13.7. The molecule has 114 valence electrons. The van der Waals surface area contributed by atoms with Crippen molar-refractivity contribution in [2.24, 2.45) is 0 Å². The minimum Gasteiger partial charge on any atom is -0.360 e. The summed E-state index contributed by atoms with van der Waals surface area (Å²) < 4.78 is 1.17. The molecule has 0 aliphatic heterocycles. The molecule has 1 amide bonds. The molecular formula is C16H17N3OS2. The summed E-state index contributed by atoms with van der Waals surface area (Å²) in [7, 11) is 0. The van der Waals surface area contributed by atoms with E-state index in [1.165, 1.54) is 10.3 Å². The average molecular weight is 331 g/mol. The SMILES string of the molecule is O=C(CCc1ccsc1)NCCNc1nc2ccccc2s1. The fourth-order valence-corrected chi connectivity index (χ4v) is 3.69. The summed E-state index contributed by atoms with van der Waals surface area (Å²) in [6, 6.07) is 10.1. The molecule has 3 aromatic rings. The van der Waals surface area contributed by atoms with Gasteiger partial charge >= 0.3 is 0 Å². The molecule has 0 bridgehead atoms. The van der Waals surface area contributed by atoms with Crippen LogP contribution in [-0.4, -0.2) is 24.0 Å². The standard InChI is InChI=1S/C16H17N3OS2/c20-15(6-5-12-7-10-21-11-12)17-8-9-18-16-19-13-3-1-2-4-14(13)22-16/h1-4,7,10-11H,5-6,8-9H2,(H,17,20)(H,18,19). The molecule has 0 aliphatic rings. The summed E-state index contributed by atoms with van der Waals surface area (Å²) in [5, 5.41) is 11.2. The maximum absolute atomic E-state index is 11.7. The molecule has 4 nitrogen and oxygen atoms in total. The Bertz CT molecular complexity index is 704. The highest BCUT2D eigenvalue weighted by molar-refractivity contribution is 7.22. The lowest BCUT2D eigenvalue weighted by molar-refractivity contribution is -0.120. The van der Waals surface area contributed by atoms with Crippen LogP contribution in [0.15, 0.2) is 41.1 Å². The number of hydrogen-bond acceptors (Lipinski definition) is 5. The predicted molar refractivity (Wildman–Crippen MR) is 93.8 cm³/mol. The molecule has 6 heteroatoms. The summed E-state index contributed by atoms with van der Waals surface area (Å²) in [6.07, 6.45) is 1.35. The van der Waals surface area contributed by atoms with Gasteiger partial charge in [0.05, 0.1) is 10.2 Å². The number of benzene rings is 1. The number of thiophene rings is 1. The fraction of sp³-hybridized carbons (Fsp3) is 0.250. The zero-order valence-electron chi connectivity index (χ0n) is 12.0. The number of aryl methyl sites for hydroxylation is 1. The highest BCUT2D eigenvalue weighted by atomic mass is 32.1. The van der Waals surface area contributed by atoms with Crippen LogP contribution in [0.5, 0.6) is 0 Å². The lowest BCUT2D eigenvalue weighted by atomic mass is 10.2. The lowest BCUT2D eigenvalue weighted by Gasteiger charge is -2.05. The van der Waals surface area contributed by atoms with Gasteiger partial charge in [0.15, 0.2) is 5.13 Å². The van der Waals surface area contributed by atoms with Crippen molar-refractivity contribution in [3.63, 3.8) is 0 Å². The van der Waals surface area contributed by atoms with Gasteiger partial charge in [-0.1, -0.05) is 23.5 Å². The Labute approximate surface area is 137 Å². The second-order valence-corrected chi connectivity index (χ2v) is 6.71. The van der Waals surface area contributed by atoms with E-state index < -0.39 is 0 Å². The first kappa shape index (κ1) is 15.0. The molecule has 0 unspecified atom stereocenters. The third kappa shape index (κ3) is 4.05. The van der Waals surface area contributed by atoms with E-state index in [1.54, 1.807) is 22.7 Å². The number of fused-ring (bicyclic) bond motifs is 1. The van der Waals surface area contributed by atoms with Crippen LogP contribution >= 0.6 is 22.7 Å². The van der Waals surface area contributed by atoms with Crippen molar-refractivity contribution in [3.05, 3.63) is 46.7 Å². The topological polar surface area (TPSA) is 54.0 Å². The summed E-state index contributed by atoms with van der Waals surface area (Å²) in [4.78, 5) is 16.2. The first-order chi connectivity index (χ1) is 10.8. The number of rotatable bonds is 7. The highest BCUT2D eigenvalue weighted by Gasteiger charge is 2.04. The van der Waals surface area contributed by atoms with E-state index in [0.29, 0.717) is 19.5 Å². The molecule has 0 radical (unpaired) electrons. The first-order valence-corrected chi connectivity index (χ1v) is 8.94. The van der Waals surface area contributed by atoms with E-state index >= 15 is 0 Å². The van der Waals surface area contributed by atoms with Gasteiger partial charge in [-0.25, -0.2) is 4.98 Å². The van der Waals surface area contributed by atoms with Crippen LogP contribution in [0.3, 0.4) is 0 Å². The molecule has 0 atom stereocenters. The summed E-state index contributed by atoms with van der Waals surface area (Å²) in [5.41, 5.74) is 2.24. The fourth-order valence-electron chi connectivity index (χ4n) is 2.10. The van der Waals surface area contributed by atoms with E-state index in [0.717, 1.165) is 17.1 Å². The number of thiazole rings is 1. The van der Waals surface area contributed by atoms with Crippen LogP contribution in [0.2, 0.25) is 0 Å². The molecule has 0 saturated carbocycles. The minimum absolute atomic E-state index is 0.0947. The molecule has 0 spiro atoms. The minimum atomic E-state index is 0.0947. The van der Waals surface area contributed by atoms with E-state index in [9.17, 15) is 4.79 Å². The predicted octanol–water partition coefficient (Wildman–Crippen LogP) is 3.52. The monoisotopic (exact) mass is 331 g/mol. The van der Waals surface area contributed by atoms with Crippen LogP contribution in [-0.2, 0) is 11.2 Å². The smallest absolute Gasteiger partial charge is 0.220 e.